The van der Waals surface area contributed by atoms with E-state index in [-0.39, 0.29) is 11.7 Å². The predicted molar refractivity (Wildman–Crippen MR) is 64.3 cm³/mol. The summed E-state index contributed by atoms with van der Waals surface area (Å²) in [5.74, 6) is 0.922. The molecule has 2 unspecified atom stereocenters. The Balaban J connectivity index is 2.77. The van der Waals surface area contributed by atoms with Crippen LogP contribution in [0.4, 0.5) is 8.78 Å². The Bertz CT molecular complexity index is 327. The number of nitrogens with two attached hydrogens (primary N) is 1. The number of rotatable bonds is 6. The molecule has 17 heavy (non-hydrogen) atoms. The molecule has 2 atom stereocenters. The number of benzene rings is 1. The molecule has 0 aliphatic rings. The van der Waals surface area contributed by atoms with Gasteiger partial charge in [-0.1, -0.05) is 32.4 Å². The number of alkyl halides is 2. The van der Waals surface area contributed by atoms with Crippen molar-refractivity contribution in [1.82, 2.24) is 0 Å². The monoisotopic (exact) mass is 243 g/mol. The quantitative estimate of drug-likeness (QED) is 0.831. The molecule has 0 aliphatic carbocycles. The summed E-state index contributed by atoms with van der Waals surface area (Å²) < 4.78 is 28.3. The van der Waals surface area contributed by atoms with Gasteiger partial charge in [-0.05, 0) is 36.1 Å². The standard InChI is InChI=1S/C13H19F2NO/c1-3-9(2)12(8-16)10-4-6-11(7-5-10)17-13(14)15/h4-7,9,12-13H,3,8,16H2,1-2H3. The van der Waals surface area contributed by atoms with Crippen LogP contribution in [0.25, 0.3) is 0 Å². The summed E-state index contributed by atoms with van der Waals surface area (Å²) in [7, 11) is 0. The van der Waals surface area contributed by atoms with Gasteiger partial charge in [-0.15, -0.1) is 0 Å². The van der Waals surface area contributed by atoms with Gasteiger partial charge in [0, 0.05) is 0 Å². The van der Waals surface area contributed by atoms with Gasteiger partial charge in [-0.2, -0.15) is 8.78 Å². The highest BCUT2D eigenvalue weighted by atomic mass is 19.3. The molecular weight excluding hydrogens is 224 g/mol. The number of ether oxygens (including phenoxy) is 1. The van der Waals surface area contributed by atoms with Crippen LogP contribution in [0.1, 0.15) is 31.7 Å². The summed E-state index contributed by atoms with van der Waals surface area (Å²) in [6, 6.07) is 6.74. The molecule has 0 fully saturated rings. The molecule has 2 N–H and O–H groups in total. The first kappa shape index (κ1) is 13.9. The topological polar surface area (TPSA) is 35.2 Å². The molecule has 0 saturated carbocycles. The Hall–Kier alpha value is -1.16. The minimum Gasteiger partial charge on any atom is -0.435 e. The number of hydrogen-bond acceptors (Lipinski definition) is 2. The van der Waals surface area contributed by atoms with Crippen molar-refractivity contribution in [3.63, 3.8) is 0 Å². The maximum atomic E-state index is 12.0. The van der Waals surface area contributed by atoms with E-state index in [1.807, 2.05) is 0 Å². The maximum Gasteiger partial charge on any atom is 0.387 e. The highest BCUT2D eigenvalue weighted by Gasteiger charge is 2.16. The van der Waals surface area contributed by atoms with Crippen molar-refractivity contribution in [3.8, 4) is 5.75 Å². The molecule has 0 amide bonds. The lowest BCUT2D eigenvalue weighted by Crippen LogP contribution is -2.19. The van der Waals surface area contributed by atoms with E-state index in [4.69, 9.17) is 5.73 Å². The van der Waals surface area contributed by atoms with Gasteiger partial charge in [-0.25, -0.2) is 0 Å². The van der Waals surface area contributed by atoms with Gasteiger partial charge < -0.3 is 10.5 Å². The minimum atomic E-state index is -2.78. The first-order chi connectivity index (χ1) is 8.08. The molecular formula is C13H19F2NO. The smallest absolute Gasteiger partial charge is 0.387 e. The van der Waals surface area contributed by atoms with Crippen LogP contribution in [0.15, 0.2) is 24.3 Å². The first-order valence-corrected chi connectivity index (χ1v) is 5.83. The molecule has 0 heterocycles. The Morgan fingerprint density at radius 3 is 2.24 bits per heavy atom. The van der Waals surface area contributed by atoms with Gasteiger partial charge in [0.05, 0.1) is 0 Å². The molecule has 1 aromatic carbocycles. The van der Waals surface area contributed by atoms with E-state index in [0.717, 1.165) is 12.0 Å². The predicted octanol–water partition coefficient (Wildman–Crippen LogP) is 3.38. The van der Waals surface area contributed by atoms with Crippen LogP contribution in [0.2, 0.25) is 0 Å². The highest BCUT2D eigenvalue weighted by molar-refractivity contribution is 5.30. The second kappa shape index (κ2) is 6.55. The van der Waals surface area contributed by atoms with Crippen molar-refractivity contribution < 1.29 is 13.5 Å². The SMILES string of the molecule is CCC(C)C(CN)c1ccc(OC(F)F)cc1. The lowest BCUT2D eigenvalue weighted by atomic mass is 9.86. The molecule has 2 nitrogen and oxygen atoms in total. The average molecular weight is 243 g/mol. The van der Waals surface area contributed by atoms with Gasteiger partial charge >= 0.3 is 6.61 Å². The minimum absolute atomic E-state index is 0.184. The van der Waals surface area contributed by atoms with Crippen LogP contribution in [0.3, 0.4) is 0 Å². The summed E-state index contributed by atoms with van der Waals surface area (Å²) >= 11 is 0. The molecule has 0 bridgehead atoms. The lowest BCUT2D eigenvalue weighted by Gasteiger charge is -2.21. The zero-order chi connectivity index (χ0) is 12.8. The normalized spacial score (nSPS) is 14.7. The van der Waals surface area contributed by atoms with Crippen molar-refractivity contribution >= 4 is 0 Å². The van der Waals surface area contributed by atoms with Crippen LogP contribution >= 0.6 is 0 Å². The van der Waals surface area contributed by atoms with E-state index in [9.17, 15) is 8.78 Å². The van der Waals surface area contributed by atoms with Crippen molar-refractivity contribution in [2.24, 2.45) is 11.7 Å². The van der Waals surface area contributed by atoms with Crippen LogP contribution in [-0.4, -0.2) is 13.2 Å². The largest absolute Gasteiger partial charge is 0.435 e. The Kier molecular flexibility index (Phi) is 5.35. The van der Waals surface area contributed by atoms with Gasteiger partial charge in [0.15, 0.2) is 0 Å². The van der Waals surface area contributed by atoms with E-state index in [1.54, 1.807) is 24.3 Å². The molecule has 1 rings (SSSR count). The fourth-order valence-electron chi connectivity index (χ4n) is 1.88. The Morgan fingerprint density at radius 2 is 1.82 bits per heavy atom. The van der Waals surface area contributed by atoms with Gasteiger partial charge in [0.2, 0.25) is 0 Å². The van der Waals surface area contributed by atoms with Gasteiger partial charge in [-0.3, -0.25) is 0 Å². The van der Waals surface area contributed by atoms with Gasteiger partial charge in [0.1, 0.15) is 5.75 Å². The number of hydrogen-bond donors (Lipinski definition) is 1. The number of halogens is 2. The molecule has 1 aromatic rings. The van der Waals surface area contributed by atoms with E-state index in [2.05, 4.69) is 18.6 Å². The summed E-state index contributed by atoms with van der Waals surface area (Å²) in [6.07, 6.45) is 1.04. The molecule has 0 aliphatic heterocycles. The van der Waals surface area contributed by atoms with Crippen molar-refractivity contribution in [2.45, 2.75) is 32.8 Å². The zero-order valence-electron chi connectivity index (χ0n) is 10.2. The average Bonchev–Trinajstić information content (AvgIpc) is 2.31. The molecule has 96 valence electrons. The van der Waals surface area contributed by atoms with Crippen molar-refractivity contribution in [2.75, 3.05) is 6.54 Å². The van der Waals surface area contributed by atoms with Crippen LogP contribution in [-0.2, 0) is 0 Å². The summed E-state index contributed by atoms with van der Waals surface area (Å²) in [5.41, 5.74) is 6.82. The summed E-state index contributed by atoms with van der Waals surface area (Å²) in [5, 5.41) is 0. The fourth-order valence-corrected chi connectivity index (χ4v) is 1.88. The third kappa shape index (κ3) is 3.97. The highest BCUT2D eigenvalue weighted by Crippen LogP contribution is 2.27. The third-order valence-corrected chi connectivity index (χ3v) is 3.12. The maximum absolute atomic E-state index is 12.0. The van der Waals surface area contributed by atoms with Crippen molar-refractivity contribution in [3.05, 3.63) is 29.8 Å². The summed E-state index contributed by atoms with van der Waals surface area (Å²) in [6.45, 7) is 2.04. The third-order valence-electron chi connectivity index (χ3n) is 3.12. The molecule has 0 aromatic heterocycles. The van der Waals surface area contributed by atoms with E-state index in [0.29, 0.717) is 12.5 Å². The Morgan fingerprint density at radius 1 is 1.24 bits per heavy atom. The Labute approximate surface area is 101 Å². The second-order valence-electron chi connectivity index (χ2n) is 4.18. The van der Waals surface area contributed by atoms with Crippen molar-refractivity contribution in [1.29, 1.82) is 0 Å². The van der Waals surface area contributed by atoms with E-state index in [1.165, 1.54) is 0 Å². The van der Waals surface area contributed by atoms with E-state index < -0.39 is 6.61 Å². The molecule has 0 radical (unpaired) electrons. The molecule has 0 saturated heterocycles. The van der Waals surface area contributed by atoms with Crippen LogP contribution < -0.4 is 10.5 Å². The van der Waals surface area contributed by atoms with E-state index >= 15 is 0 Å². The molecule has 0 spiro atoms. The fraction of sp³-hybridized carbons (Fsp3) is 0.538. The van der Waals surface area contributed by atoms with Gasteiger partial charge in [0.25, 0.3) is 0 Å². The zero-order valence-corrected chi connectivity index (χ0v) is 10.2. The first-order valence-electron chi connectivity index (χ1n) is 5.83. The second-order valence-corrected chi connectivity index (χ2v) is 4.18. The van der Waals surface area contributed by atoms with Crippen LogP contribution in [0.5, 0.6) is 5.75 Å². The molecule has 4 heteroatoms. The lowest BCUT2D eigenvalue weighted by molar-refractivity contribution is -0.0498. The summed E-state index contributed by atoms with van der Waals surface area (Å²) in [4.78, 5) is 0. The van der Waals surface area contributed by atoms with Crippen LogP contribution in [0, 0.1) is 5.92 Å².